The number of carbonyl (C=O) groups is 2. The first-order valence-electron chi connectivity index (χ1n) is 6.21. The summed E-state index contributed by atoms with van der Waals surface area (Å²) in [6.07, 6.45) is 1.90. The summed E-state index contributed by atoms with van der Waals surface area (Å²) in [5.41, 5.74) is 0. The number of rotatable bonds is 5. The molecule has 0 aromatic carbocycles. The van der Waals surface area contributed by atoms with Crippen LogP contribution in [0.3, 0.4) is 0 Å². The Hall–Kier alpha value is -1.10. The van der Waals surface area contributed by atoms with Crippen LogP contribution in [0, 0.1) is 11.8 Å². The molecular weight excluding hydrogens is 220 g/mol. The molecule has 0 aliphatic carbocycles. The molecule has 0 saturated carbocycles. The van der Waals surface area contributed by atoms with Gasteiger partial charge in [-0.2, -0.15) is 0 Å². The van der Waals surface area contributed by atoms with Gasteiger partial charge in [0, 0.05) is 19.5 Å². The lowest BCUT2D eigenvalue weighted by Crippen LogP contribution is -2.43. The Bertz CT molecular complexity index is 271. The number of carboxylic acids is 1. The van der Waals surface area contributed by atoms with Crippen LogP contribution in [0.25, 0.3) is 0 Å². The molecule has 1 saturated heterocycles. The number of carboxylic acid groups (broad SMARTS) is 1. The minimum atomic E-state index is -0.700. The number of hydrogen-bond acceptors (Lipinski definition) is 3. The fourth-order valence-electron chi connectivity index (χ4n) is 1.98. The Morgan fingerprint density at radius 3 is 2.41 bits per heavy atom. The highest BCUT2D eigenvalue weighted by Gasteiger charge is 2.24. The van der Waals surface area contributed by atoms with Crippen molar-refractivity contribution in [3.63, 3.8) is 0 Å². The van der Waals surface area contributed by atoms with Gasteiger partial charge in [-0.15, -0.1) is 0 Å². The first-order chi connectivity index (χ1) is 7.99. The lowest BCUT2D eigenvalue weighted by atomic mass is 9.97. The smallest absolute Gasteiger partial charge is 0.306 e. The minimum absolute atomic E-state index is 0.0698. The molecule has 2 N–H and O–H groups in total. The molecule has 0 aromatic rings. The predicted molar refractivity (Wildman–Crippen MR) is 64.4 cm³/mol. The first kappa shape index (κ1) is 14.0. The number of aliphatic carboxylic acids is 1. The molecule has 0 bridgehead atoms. The van der Waals surface area contributed by atoms with Gasteiger partial charge in [0.05, 0.1) is 12.6 Å². The molecule has 0 aromatic heterocycles. The van der Waals surface area contributed by atoms with Gasteiger partial charge in [-0.1, -0.05) is 13.8 Å². The molecule has 5 heteroatoms. The van der Waals surface area contributed by atoms with E-state index >= 15 is 0 Å². The first-order valence-corrected chi connectivity index (χ1v) is 6.21. The van der Waals surface area contributed by atoms with Crippen molar-refractivity contribution in [2.24, 2.45) is 11.8 Å². The highest BCUT2D eigenvalue weighted by atomic mass is 16.4. The van der Waals surface area contributed by atoms with Crippen molar-refractivity contribution < 1.29 is 14.7 Å². The van der Waals surface area contributed by atoms with E-state index in [1.165, 1.54) is 0 Å². The number of amides is 1. The van der Waals surface area contributed by atoms with E-state index in [0.717, 1.165) is 13.1 Å². The number of carbonyl (C=O) groups excluding carboxylic acids is 1. The zero-order valence-corrected chi connectivity index (χ0v) is 10.6. The van der Waals surface area contributed by atoms with Crippen molar-refractivity contribution in [3.8, 4) is 0 Å². The highest BCUT2D eigenvalue weighted by molar-refractivity contribution is 5.75. The second-order valence-corrected chi connectivity index (χ2v) is 5.09. The van der Waals surface area contributed by atoms with Gasteiger partial charge in [-0.05, 0) is 18.8 Å². The maximum absolute atomic E-state index is 11.4. The fraction of sp³-hybridized carbons (Fsp3) is 0.833. The summed E-state index contributed by atoms with van der Waals surface area (Å²) in [5, 5.41) is 11.7. The van der Waals surface area contributed by atoms with E-state index in [4.69, 9.17) is 5.11 Å². The Labute approximate surface area is 102 Å². The Morgan fingerprint density at radius 2 is 1.94 bits per heavy atom. The van der Waals surface area contributed by atoms with E-state index in [0.29, 0.717) is 31.8 Å². The lowest BCUT2D eigenvalue weighted by Gasteiger charge is -2.30. The maximum atomic E-state index is 11.4. The van der Waals surface area contributed by atoms with Crippen molar-refractivity contribution in [1.82, 2.24) is 10.2 Å². The van der Waals surface area contributed by atoms with E-state index < -0.39 is 5.97 Å². The number of nitrogens with zero attached hydrogens (tertiary/aromatic N) is 1. The summed E-state index contributed by atoms with van der Waals surface area (Å²) in [7, 11) is 0. The molecule has 1 aliphatic heterocycles. The van der Waals surface area contributed by atoms with E-state index in [9.17, 15) is 9.59 Å². The lowest BCUT2D eigenvalue weighted by molar-refractivity contribution is -0.143. The number of piperidine rings is 1. The van der Waals surface area contributed by atoms with Crippen molar-refractivity contribution in [1.29, 1.82) is 0 Å². The third-order valence-corrected chi connectivity index (χ3v) is 3.03. The maximum Gasteiger partial charge on any atom is 0.306 e. The van der Waals surface area contributed by atoms with Crippen molar-refractivity contribution in [3.05, 3.63) is 0 Å². The number of nitrogens with one attached hydrogen (secondary N) is 1. The van der Waals surface area contributed by atoms with Gasteiger partial charge < -0.3 is 10.4 Å². The molecule has 98 valence electrons. The zero-order valence-electron chi connectivity index (χ0n) is 10.6. The summed E-state index contributed by atoms with van der Waals surface area (Å²) in [4.78, 5) is 24.3. The highest BCUT2D eigenvalue weighted by Crippen LogP contribution is 2.16. The van der Waals surface area contributed by atoms with Crippen LogP contribution in [0.4, 0.5) is 0 Å². The minimum Gasteiger partial charge on any atom is -0.481 e. The van der Waals surface area contributed by atoms with E-state index in [1.807, 2.05) is 13.8 Å². The summed E-state index contributed by atoms with van der Waals surface area (Å²) in [6.45, 7) is 6.06. The van der Waals surface area contributed by atoms with Crippen LogP contribution in [0.15, 0.2) is 0 Å². The topological polar surface area (TPSA) is 69.6 Å². The molecule has 1 heterocycles. The van der Waals surface area contributed by atoms with Gasteiger partial charge in [-0.25, -0.2) is 0 Å². The van der Waals surface area contributed by atoms with Gasteiger partial charge in [0.25, 0.3) is 0 Å². The summed E-state index contributed by atoms with van der Waals surface area (Å²) < 4.78 is 0. The van der Waals surface area contributed by atoms with Gasteiger partial charge in [0.2, 0.25) is 5.91 Å². The summed E-state index contributed by atoms with van der Waals surface area (Å²) >= 11 is 0. The van der Waals surface area contributed by atoms with Crippen molar-refractivity contribution in [2.45, 2.75) is 33.1 Å². The molecule has 1 aliphatic rings. The standard InChI is InChI=1S/C12H22N2O3/c1-9(2)7-11(15)13-8-14-5-3-10(4-6-14)12(16)17/h9-10H,3-8H2,1-2H3,(H,13,15)(H,16,17). The monoisotopic (exact) mass is 242 g/mol. The molecule has 0 radical (unpaired) electrons. The average Bonchev–Trinajstić information content (AvgIpc) is 2.26. The Balaban J connectivity index is 2.18. The zero-order chi connectivity index (χ0) is 12.8. The SMILES string of the molecule is CC(C)CC(=O)NCN1CCC(C(=O)O)CC1. The van der Waals surface area contributed by atoms with Crippen LogP contribution in [0.5, 0.6) is 0 Å². The van der Waals surface area contributed by atoms with Crippen LogP contribution in [-0.4, -0.2) is 41.6 Å². The second kappa shape index (κ2) is 6.59. The van der Waals surface area contributed by atoms with Crippen LogP contribution in [0.1, 0.15) is 33.1 Å². The third-order valence-electron chi connectivity index (χ3n) is 3.03. The summed E-state index contributed by atoms with van der Waals surface area (Å²) in [6, 6.07) is 0. The molecule has 1 amide bonds. The molecule has 1 fully saturated rings. The third kappa shape index (κ3) is 5.17. The molecule has 0 unspecified atom stereocenters. The van der Waals surface area contributed by atoms with E-state index in [1.54, 1.807) is 0 Å². The van der Waals surface area contributed by atoms with Crippen LogP contribution in [0.2, 0.25) is 0 Å². The predicted octanol–water partition coefficient (Wildman–Crippen LogP) is 0.903. The second-order valence-electron chi connectivity index (χ2n) is 5.09. The number of likely N-dealkylation sites (tertiary alicyclic amines) is 1. The van der Waals surface area contributed by atoms with E-state index in [-0.39, 0.29) is 11.8 Å². The van der Waals surface area contributed by atoms with Crippen molar-refractivity contribution >= 4 is 11.9 Å². The molecule has 0 atom stereocenters. The molecular formula is C12H22N2O3. The molecule has 0 spiro atoms. The van der Waals surface area contributed by atoms with Gasteiger partial charge in [-0.3, -0.25) is 14.5 Å². The molecule has 1 rings (SSSR count). The van der Waals surface area contributed by atoms with Gasteiger partial charge in [0.15, 0.2) is 0 Å². The van der Waals surface area contributed by atoms with Crippen LogP contribution in [-0.2, 0) is 9.59 Å². The van der Waals surface area contributed by atoms with Crippen molar-refractivity contribution in [2.75, 3.05) is 19.8 Å². The largest absolute Gasteiger partial charge is 0.481 e. The quantitative estimate of drug-likeness (QED) is 0.751. The van der Waals surface area contributed by atoms with E-state index in [2.05, 4.69) is 10.2 Å². The summed E-state index contributed by atoms with van der Waals surface area (Å²) in [5.74, 6) is -0.473. The van der Waals surface area contributed by atoms with Crippen LogP contribution >= 0.6 is 0 Å². The normalized spacial score (nSPS) is 18.3. The van der Waals surface area contributed by atoms with Gasteiger partial charge >= 0.3 is 5.97 Å². The van der Waals surface area contributed by atoms with Gasteiger partial charge in [0.1, 0.15) is 0 Å². The molecule has 5 nitrogen and oxygen atoms in total. The average molecular weight is 242 g/mol. The number of hydrogen-bond donors (Lipinski definition) is 2. The fourth-order valence-corrected chi connectivity index (χ4v) is 1.98. The van der Waals surface area contributed by atoms with Crippen LogP contribution < -0.4 is 5.32 Å². The molecule has 17 heavy (non-hydrogen) atoms. The Kier molecular flexibility index (Phi) is 5.41. The Morgan fingerprint density at radius 1 is 1.35 bits per heavy atom.